The van der Waals surface area contributed by atoms with Crippen LogP contribution in [0.3, 0.4) is 0 Å². The minimum absolute atomic E-state index is 0.00419. The number of furan rings is 1. The average molecular weight is 186 g/mol. The molecule has 0 aliphatic carbocycles. The smallest absolute Gasteiger partial charge is 0.193 e. The molecule has 0 aromatic carbocycles. The maximum atomic E-state index is 5.78. The molecule has 0 atom stereocenters. The molecule has 0 fully saturated rings. The van der Waals surface area contributed by atoms with E-state index < -0.39 is 0 Å². The van der Waals surface area contributed by atoms with Gasteiger partial charge in [0, 0.05) is 30.1 Å². The summed E-state index contributed by atoms with van der Waals surface area (Å²) in [6.07, 6.45) is 0.936. The molecule has 2 heterocycles. The minimum Gasteiger partial charge on any atom is -0.449 e. The van der Waals surface area contributed by atoms with E-state index in [2.05, 4.69) is 19.2 Å². The summed E-state index contributed by atoms with van der Waals surface area (Å²) >= 11 is 5.78. The Labute approximate surface area is 76.9 Å². The van der Waals surface area contributed by atoms with Gasteiger partial charge in [-0.15, -0.1) is 0 Å². The third-order valence-corrected chi connectivity index (χ3v) is 2.56. The summed E-state index contributed by atoms with van der Waals surface area (Å²) < 4.78 is 5.37. The van der Waals surface area contributed by atoms with E-state index in [0.717, 1.165) is 18.7 Å². The predicted molar refractivity (Wildman–Crippen MR) is 48.5 cm³/mol. The van der Waals surface area contributed by atoms with Crippen LogP contribution in [0, 0.1) is 0 Å². The molecule has 1 aromatic heterocycles. The number of hydrogen-bond donors (Lipinski definition) is 1. The van der Waals surface area contributed by atoms with Crippen LogP contribution in [0.4, 0.5) is 0 Å². The fourth-order valence-electron chi connectivity index (χ4n) is 1.69. The molecule has 0 unspecified atom stereocenters. The van der Waals surface area contributed by atoms with Crippen molar-refractivity contribution in [2.75, 3.05) is 6.54 Å². The van der Waals surface area contributed by atoms with Gasteiger partial charge >= 0.3 is 0 Å². The number of nitrogens with one attached hydrogen (secondary N) is 1. The third-order valence-electron chi connectivity index (χ3n) is 2.37. The second-order valence-corrected chi connectivity index (χ2v) is 4.06. The number of rotatable bonds is 0. The summed E-state index contributed by atoms with van der Waals surface area (Å²) in [5.41, 5.74) is 1.20. The molecule has 0 saturated carbocycles. The number of fused-ring (bicyclic) bond motifs is 1. The minimum atomic E-state index is 0.00419. The zero-order valence-electron chi connectivity index (χ0n) is 7.28. The van der Waals surface area contributed by atoms with Crippen molar-refractivity contribution in [3.63, 3.8) is 0 Å². The maximum Gasteiger partial charge on any atom is 0.193 e. The molecule has 1 aliphatic rings. The lowest BCUT2D eigenvalue weighted by molar-refractivity contribution is 0.353. The average Bonchev–Trinajstić information content (AvgIpc) is 2.30. The molecule has 0 spiro atoms. The normalized spacial score (nSPS) is 20.6. The van der Waals surface area contributed by atoms with Crippen molar-refractivity contribution in [1.82, 2.24) is 5.32 Å². The van der Waals surface area contributed by atoms with Crippen molar-refractivity contribution in [2.24, 2.45) is 0 Å². The molecule has 12 heavy (non-hydrogen) atoms. The first-order valence-electron chi connectivity index (χ1n) is 4.13. The largest absolute Gasteiger partial charge is 0.449 e. The zero-order chi connectivity index (χ0) is 8.77. The zero-order valence-corrected chi connectivity index (χ0v) is 8.03. The molecular weight excluding hydrogens is 174 g/mol. The van der Waals surface area contributed by atoms with Crippen LogP contribution in [-0.2, 0) is 12.0 Å². The van der Waals surface area contributed by atoms with Crippen LogP contribution >= 0.6 is 11.6 Å². The van der Waals surface area contributed by atoms with Crippen LogP contribution in [0.15, 0.2) is 10.5 Å². The fourth-order valence-corrected chi connectivity index (χ4v) is 1.90. The highest BCUT2D eigenvalue weighted by atomic mass is 35.5. The second-order valence-electron chi connectivity index (χ2n) is 3.69. The topological polar surface area (TPSA) is 25.2 Å². The molecule has 1 N–H and O–H groups in total. The lowest BCUT2D eigenvalue weighted by Crippen LogP contribution is -2.41. The van der Waals surface area contributed by atoms with Gasteiger partial charge in [-0.1, -0.05) is 0 Å². The Kier molecular flexibility index (Phi) is 1.70. The predicted octanol–water partition coefficient (Wildman–Crippen LogP) is 2.31. The molecule has 3 heteroatoms. The van der Waals surface area contributed by atoms with Crippen molar-refractivity contribution in [3.05, 3.63) is 22.6 Å². The van der Waals surface area contributed by atoms with Gasteiger partial charge in [0.1, 0.15) is 5.76 Å². The summed E-state index contributed by atoms with van der Waals surface area (Å²) in [4.78, 5) is 0. The SMILES string of the molecule is CC1(C)NCCc2oc(Cl)cc21. The summed E-state index contributed by atoms with van der Waals surface area (Å²) in [7, 11) is 0. The van der Waals surface area contributed by atoms with Gasteiger partial charge in [0.05, 0.1) is 0 Å². The van der Waals surface area contributed by atoms with E-state index in [-0.39, 0.29) is 5.54 Å². The van der Waals surface area contributed by atoms with Crippen molar-refractivity contribution < 1.29 is 4.42 Å². The van der Waals surface area contributed by atoms with Gasteiger partial charge in [0.15, 0.2) is 5.22 Å². The maximum absolute atomic E-state index is 5.78. The van der Waals surface area contributed by atoms with E-state index in [1.54, 1.807) is 0 Å². The number of halogens is 1. The quantitative estimate of drug-likeness (QED) is 0.671. The summed E-state index contributed by atoms with van der Waals surface area (Å²) in [6, 6.07) is 1.91. The highest BCUT2D eigenvalue weighted by molar-refractivity contribution is 6.28. The summed E-state index contributed by atoms with van der Waals surface area (Å²) in [5.74, 6) is 1.03. The second kappa shape index (κ2) is 2.51. The van der Waals surface area contributed by atoms with Crippen LogP contribution in [0.1, 0.15) is 25.2 Å². The molecule has 0 amide bonds. The van der Waals surface area contributed by atoms with Crippen molar-refractivity contribution in [1.29, 1.82) is 0 Å². The monoisotopic (exact) mass is 185 g/mol. The van der Waals surface area contributed by atoms with Crippen LogP contribution in [0.5, 0.6) is 0 Å². The molecule has 2 nitrogen and oxygen atoms in total. The van der Waals surface area contributed by atoms with Gasteiger partial charge in [-0.3, -0.25) is 0 Å². The van der Waals surface area contributed by atoms with Crippen LogP contribution in [0.25, 0.3) is 0 Å². The highest BCUT2D eigenvalue weighted by Gasteiger charge is 2.29. The Bertz CT molecular complexity index is 303. The van der Waals surface area contributed by atoms with Crippen molar-refractivity contribution >= 4 is 11.6 Å². The third kappa shape index (κ3) is 1.15. The Morgan fingerprint density at radius 3 is 3.00 bits per heavy atom. The van der Waals surface area contributed by atoms with E-state index in [1.807, 2.05) is 6.07 Å². The molecule has 0 bridgehead atoms. The van der Waals surface area contributed by atoms with Crippen LogP contribution in [0.2, 0.25) is 5.22 Å². The van der Waals surface area contributed by atoms with E-state index >= 15 is 0 Å². The first-order valence-corrected chi connectivity index (χ1v) is 4.51. The standard InChI is InChI=1S/C9H12ClNO/c1-9(2)6-5-8(10)12-7(6)3-4-11-9/h5,11H,3-4H2,1-2H3. The first-order chi connectivity index (χ1) is 5.59. The Balaban J connectivity index is 2.51. The van der Waals surface area contributed by atoms with Crippen LogP contribution < -0.4 is 5.32 Å². The van der Waals surface area contributed by atoms with Gasteiger partial charge in [-0.2, -0.15) is 0 Å². The molecular formula is C9H12ClNO. The molecule has 0 radical (unpaired) electrons. The van der Waals surface area contributed by atoms with Crippen molar-refractivity contribution in [2.45, 2.75) is 25.8 Å². The van der Waals surface area contributed by atoms with Gasteiger partial charge in [-0.25, -0.2) is 0 Å². The summed E-state index contributed by atoms with van der Waals surface area (Å²) in [6.45, 7) is 5.23. The number of hydrogen-bond acceptors (Lipinski definition) is 2. The lowest BCUT2D eigenvalue weighted by Gasteiger charge is -2.30. The van der Waals surface area contributed by atoms with Gasteiger partial charge in [0.2, 0.25) is 0 Å². The van der Waals surface area contributed by atoms with Gasteiger partial charge in [-0.05, 0) is 25.4 Å². The van der Waals surface area contributed by atoms with E-state index in [1.165, 1.54) is 5.56 Å². The first kappa shape index (κ1) is 8.14. The molecule has 1 aromatic rings. The van der Waals surface area contributed by atoms with E-state index in [0.29, 0.717) is 5.22 Å². The Morgan fingerprint density at radius 2 is 2.33 bits per heavy atom. The molecule has 2 rings (SSSR count). The Morgan fingerprint density at radius 1 is 1.58 bits per heavy atom. The molecule has 0 saturated heterocycles. The van der Waals surface area contributed by atoms with Gasteiger partial charge < -0.3 is 9.73 Å². The van der Waals surface area contributed by atoms with Crippen molar-refractivity contribution in [3.8, 4) is 0 Å². The lowest BCUT2D eigenvalue weighted by atomic mass is 9.90. The highest BCUT2D eigenvalue weighted by Crippen LogP contribution is 2.32. The van der Waals surface area contributed by atoms with Gasteiger partial charge in [0.25, 0.3) is 0 Å². The summed E-state index contributed by atoms with van der Waals surface area (Å²) in [5, 5.41) is 3.91. The molecule has 1 aliphatic heterocycles. The van der Waals surface area contributed by atoms with E-state index in [9.17, 15) is 0 Å². The Hall–Kier alpha value is -0.470. The fraction of sp³-hybridized carbons (Fsp3) is 0.556. The van der Waals surface area contributed by atoms with Crippen LogP contribution in [-0.4, -0.2) is 6.54 Å². The van der Waals surface area contributed by atoms with E-state index in [4.69, 9.17) is 16.0 Å². The molecule has 66 valence electrons.